The molecule has 0 saturated heterocycles. The summed E-state index contributed by atoms with van der Waals surface area (Å²) in [5.74, 6) is 0.262. The fraction of sp³-hybridized carbons (Fsp3) is 0.438. The van der Waals surface area contributed by atoms with Crippen molar-refractivity contribution >= 4 is 38.8 Å². The van der Waals surface area contributed by atoms with Crippen molar-refractivity contribution in [1.82, 2.24) is 4.57 Å². The number of hydrogen-bond donors (Lipinski definition) is 0. The van der Waals surface area contributed by atoms with Gasteiger partial charge < -0.3 is 9.30 Å². The zero-order valence-electron chi connectivity index (χ0n) is 13.4. The maximum Gasteiger partial charge on any atom is 0.293 e. The van der Waals surface area contributed by atoms with Crippen LogP contribution in [-0.2, 0) is 25.9 Å². The molecule has 0 spiro atoms. The average molecular weight is 360 g/mol. The van der Waals surface area contributed by atoms with Gasteiger partial charge in [-0.2, -0.15) is 0 Å². The van der Waals surface area contributed by atoms with Gasteiger partial charge in [0.15, 0.2) is 0 Å². The molecule has 0 amide bonds. The van der Waals surface area contributed by atoms with Crippen molar-refractivity contribution in [2.75, 3.05) is 18.6 Å². The summed E-state index contributed by atoms with van der Waals surface area (Å²) in [4.78, 5) is 9.18. The molecule has 1 aromatic carbocycles. The number of sulfone groups is 1. The van der Waals surface area contributed by atoms with Crippen molar-refractivity contribution in [1.29, 1.82) is 0 Å². The van der Waals surface area contributed by atoms with E-state index in [0.717, 1.165) is 28.9 Å². The summed E-state index contributed by atoms with van der Waals surface area (Å²) < 4.78 is 28.3. The summed E-state index contributed by atoms with van der Waals surface area (Å²) in [5, 5.41) is 1.85. The van der Waals surface area contributed by atoms with Crippen molar-refractivity contribution < 1.29 is 17.9 Å². The molecular formula is C16H22ClNO4S. The van der Waals surface area contributed by atoms with Crippen LogP contribution in [0.5, 0.6) is 0 Å². The van der Waals surface area contributed by atoms with Crippen LogP contribution in [0.4, 0.5) is 0 Å². The fourth-order valence-electron chi connectivity index (χ4n) is 2.08. The summed E-state index contributed by atoms with van der Waals surface area (Å²) >= 11 is 5.93. The van der Waals surface area contributed by atoms with Gasteiger partial charge in [0.2, 0.25) is 0 Å². The highest BCUT2D eigenvalue weighted by atomic mass is 35.5. The number of carbonyl (C=O) groups is 1. The van der Waals surface area contributed by atoms with E-state index in [4.69, 9.17) is 11.6 Å². The molecule has 0 aliphatic heterocycles. The molecule has 1 heterocycles. The smallest absolute Gasteiger partial charge is 0.293 e. The maximum atomic E-state index is 11.0. The van der Waals surface area contributed by atoms with E-state index < -0.39 is 9.84 Å². The zero-order valence-corrected chi connectivity index (χ0v) is 14.9. The average Bonchev–Trinajstić information content (AvgIpc) is 2.86. The van der Waals surface area contributed by atoms with E-state index >= 15 is 0 Å². The Morgan fingerprint density at radius 3 is 2.57 bits per heavy atom. The van der Waals surface area contributed by atoms with Crippen LogP contribution in [0, 0.1) is 0 Å². The van der Waals surface area contributed by atoms with E-state index in [1.807, 2.05) is 30.5 Å². The SMILES string of the molecule is CCOC=O.CS(=O)(=O)CCCCn1ccc2cc(Cl)ccc21. The van der Waals surface area contributed by atoms with Crippen LogP contribution >= 0.6 is 11.6 Å². The Balaban J connectivity index is 0.000000463. The summed E-state index contributed by atoms with van der Waals surface area (Å²) in [6.45, 7) is 3.50. The first-order valence-electron chi connectivity index (χ1n) is 7.34. The molecule has 0 atom stereocenters. The third-order valence-electron chi connectivity index (χ3n) is 3.13. The van der Waals surface area contributed by atoms with E-state index in [-0.39, 0.29) is 5.75 Å². The van der Waals surface area contributed by atoms with Crippen LogP contribution in [-0.4, -0.2) is 38.1 Å². The third-order valence-corrected chi connectivity index (χ3v) is 4.40. The number of hydrogen-bond acceptors (Lipinski definition) is 4. The predicted molar refractivity (Wildman–Crippen MR) is 93.6 cm³/mol. The van der Waals surface area contributed by atoms with E-state index in [9.17, 15) is 13.2 Å². The second-order valence-corrected chi connectivity index (χ2v) is 7.80. The summed E-state index contributed by atoms with van der Waals surface area (Å²) in [6, 6.07) is 7.83. The normalized spacial score (nSPS) is 10.9. The van der Waals surface area contributed by atoms with Crippen molar-refractivity contribution in [2.24, 2.45) is 0 Å². The first kappa shape index (κ1) is 19.5. The fourth-order valence-corrected chi connectivity index (χ4v) is 2.99. The number of aryl methyl sites for hydroxylation is 1. The van der Waals surface area contributed by atoms with Crippen LogP contribution in [0.25, 0.3) is 10.9 Å². The number of aromatic nitrogens is 1. The van der Waals surface area contributed by atoms with Gasteiger partial charge in [0.05, 0.1) is 6.61 Å². The summed E-state index contributed by atoms with van der Waals surface area (Å²) in [5.41, 5.74) is 1.14. The lowest BCUT2D eigenvalue weighted by Crippen LogP contribution is -2.04. The van der Waals surface area contributed by atoms with Crippen molar-refractivity contribution in [3.8, 4) is 0 Å². The number of halogens is 1. The lowest BCUT2D eigenvalue weighted by molar-refractivity contribution is -0.128. The van der Waals surface area contributed by atoms with Crippen LogP contribution in [0.15, 0.2) is 30.5 Å². The molecule has 0 fully saturated rings. The Morgan fingerprint density at radius 1 is 1.26 bits per heavy atom. The Labute approximate surface area is 142 Å². The largest absolute Gasteiger partial charge is 0.468 e. The Bertz CT molecular complexity index is 725. The molecule has 128 valence electrons. The number of fused-ring (bicyclic) bond motifs is 1. The standard InChI is InChI=1S/C13H16ClNO2S.C3H6O2/c1-18(16,17)9-3-2-7-15-8-6-11-10-12(14)4-5-13(11)15;1-2-5-3-4/h4-6,8,10H,2-3,7,9H2,1H3;3H,2H2,1H3. The van der Waals surface area contributed by atoms with Crippen LogP contribution in [0.1, 0.15) is 19.8 Å². The highest BCUT2D eigenvalue weighted by Crippen LogP contribution is 2.20. The molecule has 2 rings (SSSR count). The molecule has 0 saturated carbocycles. The maximum absolute atomic E-state index is 11.0. The number of carbonyl (C=O) groups excluding carboxylic acids is 1. The molecule has 0 aliphatic rings. The van der Waals surface area contributed by atoms with Crippen molar-refractivity contribution in [3.05, 3.63) is 35.5 Å². The number of rotatable bonds is 7. The van der Waals surface area contributed by atoms with Gasteiger partial charge in [0.25, 0.3) is 6.47 Å². The Morgan fingerprint density at radius 2 is 2.00 bits per heavy atom. The molecule has 7 heteroatoms. The minimum atomic E-state index is -2.84. The monoisotopic (exact) mass is 359 g/mol. The molecule has 0 aliphatic carbocycles. The molecule has 2 aromatic rings. The topological polar surface area (TPSA) is 65.4 Å². The predicted octanol–water partition coefficient (Wildman–Crippen LogP) is 3.30. The quantitative estimate of drug-likeness (QED) is 0.562. The van der Waals surface area contributed by atoms with Crippen molar-refractivity contribution in [3.63, 3.8) is 0 Å². The molecule has 0 N–H and O–H groups in total. The van der Waals surface area contributed by atoms with Gasteiger partial charge in [-0.25, -0.2) is 8.42 Å². The second-order valence-electron chi connectivity index (χ2n) is 5.10. The minimum Gasteiger partial charge on any atom is -0.468 e. The molecule has 0 radical (unpaired) electrons. The molecule has 23 heavy (non-hydrogen) atoms. The minimum absolute atomic E-state index is 0.262. The first-order valence-corrected chi connectivity index (χ1v) is 9.78. The first-order chi connectivity index (χ1) is 10.9. The van der Waals surface area contributed by atoms with Crippen molar-refractivity contribution in [2.45, 2.75) is 26.3 Å². The van der Waals surface area contributed by atoms with E-state index in [1.54, 1.807) is 6.92 Å². The lowest BCUT2D eigenvalue weighted by atomic mass is 10.2. The zero-order chi connectivity index (χ0) is 17.3. The van der Waals surface area contributed by atoms with Crippen LogP contribution < -0.4 is 0 Å². The molecule has 0 unspecified atom stereocenters. The van der Waals surface area contributed by atoms with Gasteiger partial charge in [-0.1, -0.05) is 11.6 Å². The van der Waals surface area contributed by atoms with Gasteiger partial charge in [-0.05, 0) is 44.0 Å². The van der Waals surface area contributed by atoms with Gasteiger partial charge in [-0.3, -0.25) is 4.79 Å². The highest BCUT2D eigenvalue weighted by Gasteiger charge is 2.04. The van der Waals surface area contributed by atoms with Gasteiger partial charge in [0.1, 0.15) is 9.84 Å². The van der Waals surface area contributed by atoms with E-state index in [2.05, 4.69) is 9.30 Å². The number of nitrogens with zero attached hydrogens (tertiary/aromatic N) is 1. The third kappa shape index (κ3) is 7.52. The molecule has 5 nitrogen and oxygen atoms in total. The number of ether oxygens (including phenoxy) is 1. The van der Waals surface area contributed by atoms with Crippen LogP contribution in [0.3, 0.4) is 0 Å². The van der Waals surface area contributed by atoms with E-state index in [0.29, 0.717) is 19.5 Å². The van der Waals surface area contributed by atoms with Gasteiger partial charge in [0, 0.05) is 40.7 Å². The van der Waals surface area contributed by atoms with Gasteiger partial charge in [-0.15, -0.1) is 0 Å². The van der Waals surface area contributed by atoms with Crippen LogP contribution in [0.2, 0.25) is 5.02 Å². The molecule has 1 aromatic heterocycles. The Kier molecular flexibility index (Phi) is 8.12. The molecular weight excluding hydrogens is 338 g/mol. The summed E-state index contributed by atoms with van der Waals surface area (Å²) in [6.07, 6.45) is 4.85. The molecule has 0 bridgehead atoms. The summed E-state index contributed by atoms with van der Waals surface area (Å²) in [7, 11) is -2.84. The highest BCUT2D eigenvalue weighted by molar-refractivity contribution is 7.90. The second kappa shape index (κ2) is 9.57. The number of benzene rings is 1. The van der Waals surface area contributed by atoms with E-state index in [1.165, 1.54) is 6.26 Å². The van der Waals surface area contributed by atoms with Gasteiger partial charge >= 0.3 is 0 Å². The Hall–Kier alpha value is -1.53. The lowest BCUT2D eigenvalue weighted by Gasteiger charge is -2.05. The number of unbranched alkanes of at least 4 members (excludes halogenated alkanes) is 1.